The highest BCUT2D eigenvalue weighted by Crippen LogP contribution is 2.32. The van der Waals surface area contributed by atoms with Crippen molar-refractivity contribution in [3.8, 4) is 5.88 Å². The Balaban J connectivity index is 1.61. The summed E-state index contributed by atoms with van der Waals surface area (Å²) in [6.07, 6.45) is 8.30. The van der Waals surface area contributed by atoms with Crippen LogP contribution in [0.1, 0.15) is 61.0 Å². The van der Waals surface area contributed by atoms with Gasteiger partial charge in [0.15, 0.2) is 0 Å². The lowest BCUT2D eigenvalue weighted by Crippen LogP contribution is -2.50. The summed E-state index contributed by atoms with van der Waals surface area (Å²) in [4.78, 5) is 34.6. The number of rotatable bonds is 7. The Kier molecular flexibility index (Phi) is 8.41. The first kappa shape index (κ1) is 25.9. The summed E-state index contributed by atoms with van der Waals surface area (Å²) in [5.41, 5.74) is 3.53. The second-order valence-electron chi connectivity index (χ2n) is 10.1. The zero-order valence-corrected chi connectivity index (χ0v) is 21.5. The molecule has 0 unspecified atom stereocenters. The lowest BCUT2D eigenvalue weighted by molar-refractivity contribution is -0.130. The number of carbonyl (C=O) groups excluding carboxylic acids is 2. The first-order valence-corrected chi connectivity index (χ1v) is 12.9. The molecule has 36 heavy (non-hydrogen) atoms. The van der Waals surface area contributed by atoms with Crippen LogP contribution >= 0.6 is 0 Å². The number of pyridine rings is 1. The lowest BCUT2D eigenvalue weighted by atomic mass is 9.93. The van der Waals surface area contributed by atoms with Crippen LogP contribution in [0.25, 0.3) is 5.57 Å². The lowest BCUT2D eigenvalue weighted by Gasteiger charge is -2.37. The van der Waals surface area contributed by atoms with Crippen LogP contribution in [0.15, 0.2) is 48.7 Å². The molecule has 0 radical (unpaired) electrons. The van der Waals surface area contributed by atoms with Gasteiger partial charge in [0.2, 0.25) is 11.8 Å². The number of hydrogen-bond acceptors (Lipinski definition) is 5. The molecule has 0 spiro atoms. The Labute approximate surface area is 213 Å². The van der Waals surface area contributed by atoms with E-state index in [0.29, 0.717) is 25.1 Å². The average molecular weight is 492 g/mol. The molecule has 192 valence electrons. The molecule has 1 aliphatic carbocycles. The fraction of sp³-hybridized carbons (Fsp3) is 0.483. The molecule has 4 rings (SSSR count). The Morgan fingerprint density at radius 1 is 1.28 bits per heavy atom. The molecule has 2 aliphatic rings. The van der Waals surface area contributed by atoms with Gasteiger partial charge in [-0.3, -0.25) is 9.59 Å². The molecule has 2 aromatic rings. The standard InChI is InChI=1S/C29H37N3O4/c1-20-17-32(21(2)19-33)29(35)25-15-24(23-12-8-5-9-13-23)16-30-28(25)36-26(20)18-31(3)27(34)14-22-10-6-4-7-11-22/h4,6-7,10-12,15-16,20-21,26,33H,5,8-9,13-14,17-19H2,1-3H3/t20-,21-,26-/m1/s1. The molecule has 7 heteroatoms. The van der Waals surface area contributed by atoms with Gasteiger partial charge in [0.1, 0.15) is 11.7 Å². The Morgan fingerprint density at radius 2 is 2.06 bits per heavy atom. The van der Waals surface area contributed by atoms with Gasteiger partial charge >= 0.3 is 0 Å². The third-order valence-electron chi connectivity index (χ3n) is 7.26. The van der Waals surface area contributed by atoms with Gasteiger partial charge in [-0.1, -0.05) is 43.3 Å². The topological polar surface area (TPSA) is 83.0 Å². The molecule has 0 saturated heterocycles. The van der Waals surface area contributed by atoms with E-state index in [9.17, 15) is 14.7 Å². The molecule has 0 bridgehead atoms. The summed E-state index contributed by atoms with van der Waals surface area (Å²) in [5.74, 6) is 0.0287. The number of likely N-dealkylation sites (N-methyl/N-ethyl adjacent to an activating group) is 1. The summed E-state index contributed by atoms with van der Waals surface area (Å²) in [6, 6.07) is 11.2. The number of ether oxygens (including phenoxy) is 1. The average Bonchev–Trinajstić information content (AvgIpc) is 2.91. The molecule has 3 atom stereocenters. The van der Waals surface area contributed by atoms with Crippen molar-refractivity contribution in [3.63, 3.8) is 0 Å². The van der Waals surface area contributed by atoms with Crippen molar-refractivity contribution in [2.75, 3.05) is 26.7 Å². The van der Waals surface area contributed by atoms with E-state index in [1.54, 1.807) is 23.0 Å². The molecule has 0 saturated carbocycles. The number of allylic oxidation sites excluding steroid dienone is 2. The third-order valence-corrected chi connectivity index (χ3v) is 7.26. The maximum Gasteiger partial charge on any atom is 0.259 e. The van der Waals surface area contributed by atoms with E-state index >= 15 is 0 Å². The van der Waals surface area contributed by atoms with E-state index in [-0.39, 0.29) is 42.4 Å². The summed E-state index contributed by atoms with van der Waals surface area (Å²) in [7, 11) is 1.78. The summed E-state index contributed by atoms with van der Waals surface area (Å²) < 4.78 is 6.36. The molecule has 7 nitrogen and oxygen atoms in total. The predicted octanol–water partition coefficient (Wildman–Crippen LogP) is 3.96. The molecule has 0 fully saturated rings. The van der Waals surface area contributed by atoms with Crippen LogP contribution in [0.5, 0.6) is 5.88 Å². The molecule has 2 heterocycles. The van der Waals surface area contributed by atoms with Crippen molar-refractivity contribution >= 4 is 17.4 Å². The number of carbonyl (C=O) groups is 2. The fourth-order valence-corrected chi connectivity index (χ4v) is 4.87. The highest BCUT2D eigenvalue weighted by molar-refractivity contribution is 5.97. The van der Waals surface area contributed by atoms with Crippen molar-refractivity contribution < 1.29 is 19.4 Å². The van der Waals surface area contributed by atoms with Crippen molar-refractivity contribution in [2.24, 2.45) is 5.92 Å². The quantitative estimate of drug-likeness (QED) is 0.634. The van der Waals surface area contributed by atoms with E-state index in [2.05, 4.69) is 11.1 Å². The zero-order valence-electron chi connectivity index (χ0n) is 21.5. The minimum absolute atomic E-state index is 0.00323. The summed E-state index contributed by atoms with van der Waals surface area (Å²) >= 11 is 0. The molecule has 2 amide bonds. The Hall–Kier alpha value is -3.19. The fourth-order valence-electron chi connectivity index (χ4n) is 4.87. The Morgan fingerprint density at radius 3 is 2.75 bits per heavy atom. The normalized spacial score (nSPS) is 20.9. The van der Waals surface area contributed by atoms with Gasteiger partial charge in [0.25, 0.3) is 5.91 Å². The van der Waals surface area contributed by atoms with Crippen LogP contribution in [0.4, 0.5) is 0 Å². The first-order chi connectivity index (χ1) is 17.4. The van der Waals surface area contributed by atoms with Gasteiger partial charge < -0.3 is 19.6 Å². The van der Waals surface area contributed by atoms with Gasteiger partial charge in [-0.15, -0.1) is 0 Å². The maximum atomic E-state index is 13.6. The van der Waals surface area contributed by atoms with Gasteiger partial charge in [-0.25, -0.2) is 4.98 Å². The van der Waals surface area contributed by atoms with Gasteiger partial charge in [-0.2, -0.15) is 0 Å². The number of aliphatic hydroxyl groups is 1. The van der Waals surface area contributed by atoms with Crippen LogP contribution in [-0.4, -0.2) is 70.6 Å². The zero-order chi connectivity index (χ0) is 25.7. The minimum Gasteiger partial charge on any atom is -0.472 e. The monoisotopic (exact) mass is 491 g/mol. The smallest absolute Gasteiger partial charge is 0.259 e. The van der Waals surface area contributed by atoms with Gasteiger partial charge in [-0.05, 0) is 55.4 Å². The van der Waals surface area contributed by atoms with Crippen molar-refractivity contribution in [1.82, 2.24) is 14.8 Å². The van der Waals surface area contributed by atoms with Crippen LogP contribution < -0.4 is 4.74 Å². The SMILES string of the molecule is C[C@@H]1CN([C@H](C)CO)C(=O)c2cc(C3=CCCCC3)cnc2O[C@@H]1CN(C)C(=O)Cc1ccccc1. The number of aliphatic hydroxyl groups excluding tert-OH is 1. The molecule has 1 N–H and O–H groups in total. The van der Waals surface area contributed by atoms with Crippen molar-refractivity contribution in [2.45, 2.75) is 58.1 Å². The molecular weight excluding hydrogens is 454 g/mol. The number of benzene rings is 1. The maximum absolute atomic E-state index is 13.6. The highest BCUT2D eigenvalue weighted by atomic mass is 16.5. The van der Waals surface area contributed by atoms with E-state index < -0.39 is 0 Å². The number of fused-ring (bicyclic) bond motifs is 1. The molecular formula is C29H37N3O4. The summed E-state index contributed by atoms with van der Waals surface area (Å²) in [6.45, 7) is 4.51. The van der Waals surface area contributed by atoms with Crippen LogP contribution in [0.2, 0.25) is 0 Å². The predicted molar refractivity (Wildman–Crippen MR) is 140 cm³/mol. The van der Waals surface area contributed by atoms with Gasteiger partial charge in [0, 0.05) is 25.7 Å². The van der Waals surface area contributed by atoms with Crippen molar-refractivity contribution in [1.29, 1.82) is 0 Å². The van der Waals surface area contributed by atoms with Crippen LogP contribution in [-0.2, 0) is 11.2 Å². The van der Waals surface area contributed by atoms with Crippen LogP contribution in [0, 0.1) is 5.92 Å². The Bertz CT molecular complexity index is 1100. The highest BCUT2D eigenvalue weighted by Gasteiger charge is 2.35. The molecule has 1 aromatic heterocycles. The van der Waals surface area contributed by atoms with E-state index in [0.717, 1.165) is 30.4 Å². The molecule has 1 aliphatic heterocycles. The van der Waals surface area contributed by atoms with Crippen molar-refractivity contribution in [3.05, 3.63) is 65.4 Å². The van der Waals surface area contributed by atoms with E-state index in [4.69, 9.17) is 4.74 Å². The largest absolute Gasteiger partial charge is 0.472 e. The summed E-state index contributed by atoms with van der Waals surface area (Å²) in [5, 5.41) is 9.88. The van der Waals surface area contributed by atoms with E-state index in [1.165, 1.54) is 12.0 Å². The molecule has 1 aromatic carbocycles. The number of aromatic nitrogens is 1. The first-order valence-electron chi connectivity index (χ1n) is 12.9. The number of amides is 2. The number of nitrogens with zero attached hydrogens (tertiary/aromatic N) is 3. The minimum atomic E-state index is -0.359. The van der Waals surface area contributed by atoms with E-state index in [1.807, 2.05) is 50.2 Å². The second kappa shape index (κ2) is 11.7. The van der Waals surface area contributed by atoms with Crippen LogP contribution in [0.3, 0.4) is 0 Å². The third kappa shape index (κ3) is 5.95. The number of hydrogen-bond donors (Lipinski definition) is 1. The van der Waals surface area contributed by atoms with Gasteiger partial charge in [0.05, 0.1) is 25.6 Å². The second-order valence-corrected chi connectivity index (χ2v) is 10.1.